The molecule has 0 aliphatic rings. The van der Waals surface area contributed by atoms with Gasteiger partial charge in [-0.25, -0.2) is 4.99 Å². The molecule has 1 aromatic heterocycles. The molecule has 0 spiro atoms. The maximum absolute atomic E-state index is 5.75. The molecule has 1 heterocycles. The highest BCUT2D eigenvalue weighted by Gasteiger charge is 2.06. The fourth-order valence-electron chi connectivity index (χ4n) is 1.38. The van der Waals surface area contributed by atoms with E-state index >= 15 is 0 Å². The molecular weight excluding hydrogens is 355 g/mol. The number of aliphatic imine (C=N–C) groups is 1. The maximum atomic E-state index is 5.75. The third-order valence-electron chi connectivity index (χ3n) is 2.60. The molecule has 0 aromatic carbocycles. The monoisotopic (exact) mass is 380 g/mol. The Morgan fingerprint density at radius 3 is 2.63 bits per heavy atom. The molecule has 0 amide bonds. The summed E-state index contributed by atoms with van der Waals surface area (Å²) in [5, 5.41) is 7.05. The van der Waals surface area contributed by atoms with Gasteiger partial charge in [-0.15, -0.1) is 24.0 Å². The largest absolute Gasteiger partial charge is 0.370 e. The lowest BCUT2D eigenvalue weighted by molar-refractivity contribution is 0.376. The third kappa shape index (κ3) is 7.39. The molecule has 0 radical (unpaired) electrons. The highest BCUT2D eigenvalue weighted by Crippen LogP contribution is 2.14. The number of hydrogen-bond acceptors (Lipinski definition) is 3. The summed E-state index contributed by atoms with van der Waals surface area (Å²) in [5.74, 6) is 2.23. The molecule has 0 atom stereocenters. The molecule has 1 aromatic rings. The summed E-state index contributed by atoms with van der Waals surface area (Å²) in [7, 11) is 0. The fourth-order valence-corrected chi connectivity index (χ4v) is 1.38. The van der Waals surface area contributed by atoms with Crippen molar-refractivity contribution in [3.63, 3.8) is 0 Å². The van der Waals surface area contributed by atoms with E-state index in [-0.39, 0.29) is 24.0 Å². The van der Waals surface area contributed by atoms with Gasteiger partial charge in [0.1, 0.15) is 6.54 Å². The average molecular weight is 380 g/mol. The number of guanidine groups is 1. The number of rotatable bonds is 6. The Morgan fingerprint density at radius 1 is 1.42 bits per heavy atom. The van der Waals surface area contributed by atoms with E-state index in [1.54, 1.807) is 0 Å². The molecule has 0 aliphatic carbocycles. The second-order valence-corrected chi connectivity index (χ2v) is 5.18. The predicted molar refractivity (Wildman–Crippen MR) is 88.8 cm³/mol. The lowest BCUT2D eigenvalue weighted by Gasteiger charge is -2.06. The Balaban J connectivity index is 0.00000324. The fraction of sp³-hybridized carbons (Fsp3) is 0.692. The third-order valence-corrected chi connectivity index (χ3v) is 2.60. The maximum Gasteiger partial charge on any atom is 0.189 e. The van der Waals surface area contributed by atoms with Crippen LogP contribution in [0.2, 0.25) is 0 Å². The normalized spacial score (nSPS) is 11.8. The van der Waals surface area contributed by atoms with E-state index in [9.17, 15) is 0 Å². The van der Waals surface area contributed by atoms with E-state index in [0.29, 0.717) is 24.3 Å². The molecule has 0 bridgehead atoms. The first-order valence-electron chi connectivity index (χ1n) is 6.48. The lowest BCUT2D eigenvalue weighted by atomic mass is 10.1. The highest BCUT2D eigenvalue weighted by molar-refractivity contribution is 14.0. The smallest absolute Gasteiger partial charge is 0.189 e. The molecule has 0 fully saturated rings. The van der Waals surface area contributed by atoms with Gasteiger partial charge in [0.25, 0.3) is 0 Å². The molecule has 1 rings (SSSR count). The van der Waals surface area contributed by atoms with Crippen molar-refractivity contribution in [2.75, 3.05) is 6.54 Å². The van der Waals surface area contributed by atoms with Crippen LogP contribution in [-0.4, -0.2) is 17.7 Å². The van der Waals surface area contributed by atoms with Gasteiger partial charge in [0, 0.05) is 12.6 Å². The minimum absolute atomic E-state index is 0. The van der Waals surface area contributed by atoms with Crippen LogP contribution < -0.4 is 11.1 Å². The Hall–Kier alpha value is -0.790. The van der Waals surface area contributed by atoms with Gasteiger partial charge in [-0.3, -0.25) is 0 Å². The van der Waals surface area contributed by atoms with Gasteiger partial charge in [-0.2, -0.15) is 0 Å². The Kier molecular flexibility index (Phi) is 8.79. The molecule has 0 saturated heterocycles. The Bertz CT molecular complexity index is 388. The van der Waals surface area contributed by atoms with Crippen molar-refractivity contribution >= 4 is 29.9 Å². The van der Waals surface area contributed by atoms with Crippen molar-refractivity contribution in [3.8, 4) is 0 Å². The van der Waals surface area contributed by atoms with Gasteiger partial charge >= 0.3 is 0 Å². The topological polar surface area (TPSA) is 76.4 Å². The van der Waals surface area contributed by atoms with Crippen LogP contribution in [0.25, 0.3) is 0 Å². The zero-order chi connectivity index (χ0) is 13.5. The van der Waals surface area contributed by atoms with Crippen molar-refractivity contribution in [1.29, 1.82) is 0 Å². The van der Waals surface area contributed by atoms with Gasteiger partial charge in [0.15, 0.2) is 11.7 Å². The van der Waals surface area contributed by atoms with E-state index in [1.807, 2.05) is 6.07 Å². The Labute approximate surface area is 132 Å². The highest BCUT2D eigenvalue weighted by atomic mass is 127. The van der Waals surface area contributed by atoms with Crippen LogP contribution in [0.15, 0.2) is 15.6 Å². The summed E-state index contributed by atoms with van der Waals surface area (Å²) in [4.78, 5) is 4.21. The standard InChI is InChI=1S/C13H24N4O.HI/c1-9(2)5-6-15-13(14)16-8-11-7-12(10(3)4)17-18-11;/h7,9-10H,5-6,8H2,1-4H3,(H3,14,15,16);1H. The summed E-state index contributed by atoms with van der Waals surface area (Å²) in [6.07, 6.45) is 1.08. The van der Waals surface area contributed by atoms with Gasteiger partial charge in [0.05, 0.1) is 5.69 Å². The minimum atomic E-state index is 0. The molecule has 5 nitrogen and oxygen atoms in total. The predicted octanol–water partition coefficient (Wildman–Crippen LogP) is 2.87. The quantitative estimate of drug-likeness (QED) is 0.452. The number of hydrogen-bond donors (Lipinski definition) is 2. The second kappa shape index (κ2) is 9.17. The molecule has 0 unspecified atom stereocenters. The summed E-state index contributed by atoms with van der Waals surface area (Å²) in [6, 6.07) is 1.93. The van der Waals surface area contributed by atoms with E-state index < -0.39 is 0 Å². The first-order chi connectivity index (χ1) is 8.49. The van der Waals surface area contributed by atoms with Crippen molar-refractivity contribution in [1.82, 2.24) is 10.5 Å². The SMILES string of the molecule is CC(C)CCNC(N)=NCc1cc(C(C)C)no1.I. The Morgan fingerprint density at radius 2 is 2.11 bits per heavy atom. The zero-order valence-electron chi connectivity index (χ0n) is 12.1. The second-order valence-electron chi connectivity index (χ2n) is 5.18. The number of aromatic nitrogens is 1. The average Bonchev–Trinajstić information content (AvgIpc) is 2.74. The van der Waals surface area contributed by atoms with E-state index in [0.717, 1.165) is 24.4 Å². The lowest BCUT2D eigenvalue weighted by Crippen LogP contribution is -2.32. The molecule has 0 aliphatic heterocycles. The van der Waals surface area contributed by atoms with Crippen molar-refractivity contribution in [2.24, 2.45) is 16.6 Å². The molecular formula is C13H25IN4O. The number of nitrogens with zero attached hydrogens (tertiary/aromatic N) is 2. The summed E-state index contributed by atoms with van der Waals surface area (Å²) in [5.41, 5.74) is 6.70. The van der Waals surface area contributed by atoms with Crippen molar-refractivity contribution in [2.45, 2.75) is 46.6 Å². The number of nitrogens with two attached hydrogens (primary N) is 1. The molecule has 0 saturated carbocycles. The molecule has 3 N–H and O–H groups in total. The van der Waals surface area contributed by atoms with Crippen molar-refractivity contribution in [3.05, 3.63) is 17.5 Å². The zero-order valence-corrected chi connectivity index (χ0v) is 14.5. The van der Waals surface area contributed by atoms with E-state index in [2.05, 4.69) is 43.2 Å². The van der Waals surface area contributed by atoms with Crippen molar-refractivity contribution < 1.29 is 4.52 Å². The first-order valence-corrected chi connectivity index (χ1v) is 6.48. The van der Waals surface area contributed by atoms with Crippen LogP contribution in [0, 0.1) is 5.92 Å². The van der Waals surface area contributed by atoms with Crippen LogP contribution in [0.1, 0.15) is 51.5 Å². The van der Waals surface area contributed by atoms with E-state index in [1.165, 1.54) is 0 Å². The van der Waals surface area contributed by atoms with Crippen LogP contribution >= 0.6 is 24.0 Å². The number of nitrogens with one attached hydrogen (secondary N) is 1. The first kappa shape index (κ1) is 18.2. The van der Waals surface area contributed by atoms with Crippen LogP contribution in [0.3, 0.4) is 0 Å². The van der Waals surface area contributed by atoms with Crippen LogP contribution in [-0.2, 0) is 6.54 Å². The summed E-state index contributed by atoms with van der Waals surface area (Å²) >= 11 is 0. The van der Waals surface area contributed by atoms with Crippen LogP contribution in [0.4, 0.5) is 0 Å². The van der Waals surface area contributed by atoms with Gasteiger partial charge in [0.2, 0.25) is 0 Å². The van der Waals surface area contributed by atoms with E-state index in [4.69, 9.17) is 10.3 Å². The molecule has 19 heavy (non-hydrogen) atoms. The van der Waals surface area contributed by atoms with Crippen LogP contribution in [0.5, 0.6) is 0 Å². The van der Waals surface area contributed by atoms with Gasteiger partial charge in [-0.05, 0) is 18.3 Å². The minimum Gasteiger partial charge on any atom is -0.370 e. The molecule has 110 valence electrons. The van der Waals surface area contributed by atoms with Gasteiger partial charge in [-0.1, -0.05) is 32.9 Å². The van der Waals surface area contributed by atoms with Gasteiger partial charge < -0.3 is 15.6 Å². The summed E-state index contributed by atoms with van der Waals surface area (Å²) < 4.78 is 5.18. The molecule has 6 heteroatoms. The summed E-state index contributed by atoms with van der Waals surface area (Å²) in [6.45, 7) is 9.79. The number of halogens is 1.